The van der Waals surface area contributed by atoms with Gasteiger partial charge in [0.15, 0.2) is 11.5 Å². The quantitative estimate of drug-likeness (QED) is 0.513. The first-order chi connectivity index (χ1) is 11.8. The summed E-state index contributed by atoms with van der Waals surface area (Å²) in [5.74, 6) is 1.44. The summed E-state index contributed by atoms with van der Waals surface area (Å²) in [6, 6.07) is 2.97. The number of hydrogen-bond acceptors (Lipinski definition) is 6. The van der Waals surface area contributed by atoms with Gasteiger partial charge in [0.1, 0.15) is 0 Å². The van der Waals surface area contributed by atoms with E-state index in [0.29, 0.717) is 23.0 Å². The minimum atomic E-state index is -0.440. The van der Waals surface area contributed by atoms with Crippen LogP contribution in [0.1, 0.15) is 39.2 Å². The van der Waals surface area contributed by atoms with E-state index < -0.39 is 4.92 Å². The highest BCUT2D eigenvalue weighted by Gasteiger charge is 2.57. The first kappa shape index (κ1) is 15.9. The maximum atomic E-state index is 11.3. The number of rotatable bonds is 4. The summed E-state index contributed by atoms with van der Waals surface area (Å²) in [6.45, 7) is 6.93. The van der Waals surface area contributed by atoms with Crippen LogP contribution in [-0.2, 0) is 0 Å². The molecule has 132 valence electrons. The van der Waals surface area contributed by atoms with Crippen LogP contribution in [0.4, 0.5) is 5.69 Å². The molecule has 2 atom stereocenters. The number of fused-ring (bicyclic) bond motifs is 3. The summed E-state index contributed by atoms with van der Waals surface area (Å²) in [5, 5.41) is 15.6. The van der Waals surface area contributed by atoms with Gasteiger partial charge >= 0.3 is 0 Å². The van der Waals surface area contributed by atoms with Crippen molar-refractivity contribution in [3.05, 3.63) is 39.6 Å². The molecule has 7 nitrogen and oxygen atoms in total. The SMILES string of the molecule is CC1(C)[C@H]2C=C(N/N=C\c3cc4c(cc3[N+](=O)[O-])OCO4)[C@@]1(C)CC2. The largest absolute Gasteiger partial charge is 0.454 e. The zero-order chi connectivity index (χ0) is 17.8. The van der Waals surface area contributed by atoms with Crippen molar-refractivity contribution < 1.29 is 14.4 Å². The predicted molar refractivity (Wildman–Crippen MR) is 92.6 cm³/mol. The summed E-state index contributed by atoms with van der Waals surface area (Å²) in [5.41, 5.74) is 4.83. The molecule has 1 aromatic rings. The molecular weight excluding hydrogens is 322 g/mol. The molecule has 1 saturated carbocycles. The van der Waals surface area contributed by atoms with Crippen LogP contribution in [0.25, 0.3) is 0 Å². The smallest absolute Gasteiger partial charge is 0.282 e. The van der Waals surface area contributed by atoms with Crippen molar-refractivity contribution in [3.8, 4) is 11.5 Å². The second kappa shape index (κ2) is 5.21. The minimum absolute atomic E-state index is 0.0525. The topological polar surface area (TPSA) is 86.0 Å². The zero-order valence-corrected chi connectivity index (χ0v) is 14.5. The number of nitro groups is 1. The van der Waals surface area contributed by atoms with E-state index in [0.717, 1.165) is 12.1 Å². The molecule has 25 heavy (non-hydrogen) atoms. The van der Waals surface area contributed by atoms with E-state index in [1.807, 2.05) is 0 Å². The fraction of sp³-hybridized carbons (Fsp3) is 0.500. The normalized spacial score (nSPS) is 28.4. The van der Waals surface area contributed by atoms with Crippen molar-refractivity contribution in [1.82, 2.24) is 5.43 Å². The van der Waals surface area contributed by atoms with Crippen molar-refractivity contribution in [1.29, 1.82) is 0 Å². The third-order valence-corrected chi connectivity index (χ3v) is 6.37. The van der Waals surface area contributed by atoms with Crippen LogP contribution in [0.2, 0.25) is 0 Å². The lowest BCUT2D eigenvalue weighted by atomic mass is 9.69. The molecule has 1 aromatic carbocycles. The van der Waals surface area contributed by atoms with Gasteiger partial charge in [0.05, 0.1) is 22.8 Å². The molecule has 1 heterocycles. The Labute approximate surface area is 145 Å². The molecule has 1 fully saturated rings. The van der Waals surface area contributed by atoms with E-state index in [9.17, 15) is 10.1 Å². The number of nitrogens with one attached hydrogen (secondary N) is 1. The van der Waals surface area contributed by atoms with Crippen molar-refractivity contribution in [2.45, 2.75) is 33.6 Å². The monoisotopic (exact) mass is 343 g/mol. The summed E-state index contributed by atoms with van der Waals surface area (Å²) in [4.78, 5) is 10.9. The zero-order valence-electron chi connectivity index (χ0n) is 14.5. The lowest BCUT2D eigenvalue weighted by Gasteiger charge is -2.36. The van der Waals surface area contributed by atoms with Crippen LogP contribution in [0.15, 0.2) is 29.0 Å². The molecule has 7 heteroatoms. The summed E-state index contributed by atoms with van der Waals surface area (Å²) >= 11 is 0. The highest BCUT2D eigenvalue weighted by molar-refractivity contribution is 5.87. The van der Waals surface area contributed by atoms with Gasteiger partial charge in [-0.05, 0) is 30.2 Å². The fourth-order valence-corrected chi connectivity index (χ4v) is 4.24. The maximum absolute atomic E-state index is 11.3. The van der Waals surface area contributed by atoms with E-state index in [1.54, 1.807) is 6.07 Å². The molecule has 1 aliphatic heterocycles. The second-order valence-electron chi connectivity index (χ2n) is 7.67. The van der Waals surface area contributed by atoms with Gasteiger partial charge in [-0.15, -0.1) is 0 Å². The lowest BCUT2D eigenvalue weighted by molar-refractivity contribution is -0.385. The van der Waals surface area contributed by atoms with Gasteiger partial charge in [-0.2, -0.15) is 5.10 Å². The number of benzene rings is 1. The number of nitrogens with zero attached hydrogens (tertiary/aromatic N) is 2. The molecule has 3 aliphatic rings. The molecule has 2 bridgehead atoms. The van der Waals surface area contributed by atoms with E-state index in [-0.39, 0.29) is 23.3 Å². The summed E-state index contributed by atoms with van der Waals surface area (Å²) < 4.78 is 10.5. The van der Waals surface area contributed by atoms with Gasteiger partial charge in [-0.1, -0.05) is 26.8 Å². The number of ether oxygens (including phenoxy) is 2. The molecule has 1 N–H and O–H groups in total. The van der Waals surface area contributed by atoms with Gasteiger partial charge in [0.2, 0.25) is 6.79 Å². The summed E-state index contributed by atoms with van der Waals surface area (Å²) in [7, 11) is 0. The third kappa shape index (κ3) is 2.22. The molecular formula is C18H21N3O4. The highest BCUT2D eigenvalue weighted by Crippen LogP contribution is 2.64. The Morgan fingerprint density at radius 1 is 1.32 bits per heavy atom. The molecule has 4 rings (SSSR count). The maximum Gasteiger partial charge on any atom is 0.282 e. The highest BCUT2D eigenvalue weighted by atomic mass is 16.7. The number of hydrazone groups is 1. The molecule has 0 spiro atoms. The molecule has 0 saturated heterocycles. The van der Waals surface area contributed by atoms with Crippen LogP contribution in [0.5, 0.6) is 11.5 Å². The van der Waals surface area contributed by atoms with Gasteiger partial charge in [0.25, 0.3) is 5.69 Å². The third-order valence-electron chi connectivity index (χ3n) is 6.37. The average molecular weight is 343 g/mol. The summed E-state index contributed by atoms with van der Waals surface area (Å²) in [6.07, 6.45) is 6.06. The van der Waals surface area contributed by atoms with Gasteiger partial charge < -0.3 is 9.47 Å². The molecule has 0 aromatic heterocycles. The van der Waals surface area contributed by atoms with Crippen molar-refractivity contribution >= 4 is 11.9 Å². The van der Waals surface area contributed by atoms with Crippen molar-refractivity contribution in [3.63, 3.8) is 0 Å². The standard InChI is InChI=1S/C18H21N3O4/c1-17(2)12-4-5-18(17,3)16(7-12)20-19-9-11-6-14-15(25-10-24-14)8-13(11)21(22)23/h6-9,12,20H,4-5,10H2,1-3H3/b19-9-/t12-,18-/m1/s1. The first-order valence-corrected chi connectivity index (χ1v) is 8.42. The predicted octanol–water partition coefficient (Wildman–Crippen LogP) is 3.59. The minimum Gasteiger partial charge on any atom is -0.454 e. The first-order valence-electron chi connectivity index (χ1n) is 8.42. The Morgan fingerprint density at radius 3 is 2.64 bits per heavy atom. The molecule has 0 radical (unpaired) electrons. The average Bonchev–Trinajstić information content (AvgIpc) is 3.15. The Bertz CT molecular complexity index is 815. The second-order valence-corrected chi connectivity index (χ2v) is 7.67. The molecule has 0 amide bonds. The van der Waals surface area contributed by atoms with Crippen LogP contribution < -0.4 is 14.9 Å². The van der Waals surface area contributed by atoms with Crippen molar-refractivity contribution in [2.75, 3.05) is 6.79 Å². The van der Waals surface area contributed by atoms with Gasteiger partial charge in [-0.3, -0.25) is 15.5 Å². The van der Waals surface area contributed by atoms with Crippen LogP contribution in [0, 0.1) is 26.9 Å². The van der Waals surface area contributed by atoms with Gasteiger partial charge in [-0.25, -0.2) is 0 Å². The lowest BCUT2D eigenvalue weighted by Crippen LogP contribution is -2.33. The Kier molecular flexibility index (Phi) is 3.32. The number of nitro benzene ring substituents is 1. The van der Waals surface area contributed by atoms with E-state index in [1.165, 1.54) is 18.7 Å². The van der Waals surface area contributed by atoms with E-state index in [2.05, 4.69) is 37.4 Å². The Morgan fingerprint density at radius 2 is 2.04 bits per heavy atom. The number of hydrogen-bond donors (Lipinski definition) is 1. The van der Waals surface area contributed by atoms with Crippen LogP contribution in [0.3, 0.4) is 0 Å². The van der Waals surface area contributed by atoms with Gasteiger partial charge in [0, 0.05) is 11.1 Å². The molecule has 2 aliphatic carbocycles. The van der Waals surface area contributed by atoms with E-state index in [4.69, 9.17) is 9.47 Å². The Balaban J connectivity index is 1.58. The number of allylic oxidation sites excluding steroid dienone is 2. The molecule has 0 unspecified atom stereocenters. The van der Waals surface area contributed by atoms with Crippen LogP contribution in [-0.4, -0.2) is 17.9 Å². The van der Waals surface area contributed by atoms with E-state index >= 15 is 0 Å². The van der Waals surface area contributed by atoms with Crippen LogP contribution >= 0.6 is 0 Å². The van der Waals surface area contributed by atoms with Crippen molar-refractivity contribution in [2.24, 2.45) is 21.8 Å². The fourth-order valence-electron chi connectivity index (χ4n) is 4.24. The Hall–Kier alpha value is -2.57.